The van der Waals surface area contributed by atoms with E-state index in [4.69, 9.17) is 0 Å². The monoisotopic (exact) mass is 443 g/mol. The number of benzene rings is 2. The number of carbonyl (C=O) groups excluding carboxylic acids is 2. The summed E-state index contributed by atoms with van der Waals surface area (Å²) in [4.78, 5) is 29.9. The molecule has 3 aliphatic rings. The second-order valence-electron chi connectivity index (χ2n) is 10.0. The number of piperidine rings is 2. The second-order valence-corrected chi connectivity index (χ2v) is 10.0. The van der Waals surface area contributed by atoms with Gasteiger partial charge in [-0.15, -0.1) is 0 Å². The number of likely N-dealkylation sites (tertiary alicyclic amines) is 1. The average Bonchev–Trinajstić information content (AvgIpc) is 3.12. The normalized spacial score (nSPS) is 28.1. The molecular weight excluding hydrogens is 410 g/mol. The maximum atomic E-state index is 13.0. The number of nitrogens with zero attached hydrogens (tertiary/aromatic N) is 2. The number of hydrogen-bond acceptors (Lipinski definition) is 3. The largest absolute Gasteiger partial charge is 0.329 e. The highest BCUT2D eigenvalue weighted by molar-refractivity contribution is 6.01. The smallest absolute Gasteiger partial charge is 0.255 e. The van der Waals surface area contributed by atoms with Crippen LogP contribution in [-0.4, -0.2) is 39.7 Å². The third kappa shape index (κ3) is 4.22. The fraction of sp³-hybridized carbons (Fsp3) is 0.429. The first-order valence-corrected chi connectivity index (χ1v) is 12.1. The molecule has 0 spiro atoms. The molecule has 5 rings (SSSR count). The van der Waals surface area contributed by atoms with Gasteiger partial charge in [0.25, 0.3) is 5.91 Å². The maximum absolute atomic E-state index is 13.0. The summed E-state index contributed by atoms with van der Waals surface area (Å²) in [5.41, 5.74) is 5.23. The maximum Gasteiger partial charge on any atom is 0.255 e. The van der Waals surface area contributed by atoms with E-state index in [9.17, 15) is 9.59 Å². The summed E-state index contributed by atoms with van der Waals surface area (Å²) < 4.78 is 0. The third-order valence-electron chi connectivity index (χ3n) is 7.72. The Morgan fingerprint density at radius 1 is 1.03 bits per heavy atom. The first-order chi connectivity index (χ1) is 15.9. The van der Waals surface area contributed by atoms with Gasteiger partial charge in [-0.05, 0) is 68.2 Å². The first-order valence-electron chi connectivity index (χ1n) is 12.1. The van der Waals surface area contributed by atoms with Crippen LogP contribution in [-0.2, 0) is 17.9 Å². The SMILES string of the molecule is C=C1CCC(N2Cc3cc(C4CC(C)N(Cc5ccccc5)C(C)C4)ccc3C2=O)C(=O)N1. The average molecular weight is 444 g/mol. The molecule has 2 aromatic carbocycles. The molecule has 1 N–H and O–H groups in total. The van der Waals surface area contributed by atoms with Gasteiger partial charge in [0.1, 0.15) is 6.04 Å². The minimum atomic E-state index is -0.403. The number of nitrogens with one attached hydrogen (secondary N) is 1. The lowest BCUT2D eigenvalue weighted by Gasteiger charge is -2.43. The van der Waals surface area contributed by atoms with Crippen molar-refractivity contribution in [2.45, 2.75) is 76.7 Å². The molecule has 2 aromatic rings. The van der Waals surface area contributed by atoms with Crippen LogP contribution in [0.4, 0.5) is 0 Å². The highest BCUT2D eigenvalue weighted by Gasteiger charge is 2.39. The molecule has 2 fully saturated rings. The highest BCUT2D eigenvalue weighted by atomic mass is 16.2. The summed E-state index contributed by atoms with van der Waals surface area (Å²) >= 11 is 0. The van der Waals surface area contributed by atoms with Crippen molar-refractivity contribution in [2.24, 2.45) is 0 Å². The summed E-state index contributed by atoms with van der Waals surface area (Å²) in [6.45, 7) is 10.0. The zero-order chi connectivity index (χ0) is 23.1. The molecular formula is C28H33N3O2. The molecule has 2 saturated heterocycles. The van der Waals surface area contributed by atoms with Crippen molar-refractivity contribution >= 4 is 11.8 Å². The standard InChI is InChI=1S/C28H33N3O2/c1-18-9-12-26(27(32)29-18)31-17-24-15-22(10-11-25(24)28(31)33)23-13-19(2)30(20(3)14-23)16-21-7-5-4-6-8-21/h4-8,10-11,15,19-20,23,26H,1,9,12-14,16-17H2,2-3H3,(H,29,32). The molecule has 3 heterocycles. The van der Waals surface area contributed by atoms with Crippen molar-refractivity contribution in [1.82, 2.24) is 15.1 Å². The van der Waals surface area contributed by atoms with Gasteiger partial charge >= 0.3 is 0 Å². The van der Waals surface area contributed by atoms with Gasteiger partial charge in [0.05, 0.1) is 0 Å². The Labute approximate surface area is 196 Å². The molecule has 5 nitrogen and oxygen atoms in total. The lowest BCUT2D eigenvalue weighted by atomic mass is 9.81. The van der Waals surface area contributed by atoms with E-state index >= 15 is 0 Å². The van der Waals surface area contributed by atoms with Crippen LogP contribution in [0.1, 0.15) is 72.5 Å². The molecule has 3 aliphatic heterocycles. The van der Waals surface area contributed by atoms with E-state index in [-0.39, 0.29) is 11.8 Å². The zero-order valence-corrected chi connectivity index (χ0v) is 19.6. The summed E-state index contributed by atoms with van der Waals surface area (Å²) in [5, 5.41) is 2.82. The fourth-order valence-electron chi connectivity index (χ4n) is 5.93. The lowest BCUT2D eigenvalue weighted by molar-refractivity contribution is -0.126. The Hall–Kier alpha value is -2.92. The molecule has 0 saturated carbocycles. The summed E-state index contributed by atoms with van der Waals surface area (Å²) in [6.07, 6.45) is 3.59. The zero-order valence-electron chi connectivity index (χ0n) is 19.6. The van der Waals surface area contributed by atoms with Gasteiger partial charge in [-0.25, -0.2) is 0 Å². The van der Waals surface area contributed by atoms with Crippen LogP contribution in [0.3, 0.4) is 0 Å². The molecule has 3 atom stereocenters. The van der Waals surface area contributed by atoms with Crippen LogP contribution < -0.4 is 5.32 Å². The minimum absolute atomic E-state index is 0.0244. The number of amides is 2. The van der Waals surface area contributed by atoms with Crippen molar-refractivity contribution in [2.75, 3.05) is 0 Å². The van der Waals surface area contributed by atoms with E-state index in [0.717, 1.165) is 42.6 Å². The predicted octanol–water partition coefficient (Wildman–Crippen LogP) is 4.59. The fourth-order valence-corrected chi connectivity index (χ4v) is 5.93. The Bertz CT molecular complexity index is 1070. The van der Waals surface area contributed by atoms with E-state index in [0.29, 0.717) is 31.0 Å². The van der Waals surface area contributed by atoms with Crippen LogP contribution in [0.25, 0.3) is 0 Å². The van der Waals surface area contributed by atoms with Crippen molar-refractivity contribution < 1.29 is 9.59 Å². The number of carbonyl (C=O) groups is 2. The van der Waals surface area contributed by atoms with Crippen molar-refractivity contribution in [1.29, 1.82) is 0 Å². The second kappa shape index (κ2) is 8.79. The molecule has 172 valence electrons. The minimum Gasteiger partial charge on any atom is -0.329 e. The van der Waals surface area contributed by atoms with Gasteiger partial charge in [-0.1, -0.05) is 49.0 Å². The molecule has 3 unspecified atom stereocenters. The van der Waals surface area contributed by atoms with E-state index < -0.39 is 6.04 Å². The van der Waals surface area contributed by atoms with Crippen LogP contribution in [0.2, 0.25) is 0 Å². The number of fused-ring (bicyclic) bond motifs is 1. The van der Waals surface area contributed by atoms with Crippen molar-refractivity contribution in [3.05, 3.63) is 83.1 Å². The molecule has 0 bridgehead atoms. The Balaban J connectivity index is 1.29. The number of rotatable bonds is 4. The molecule has 0 radical (unpaired) electrons. The molecule has 33 heavy (non-hydrogen) atoms. The highest BCUT2D eigenvalue weighted by Crippen LogP contribution is 2.38. The van der Waals surface area contributed by atoms with Crippen molar-refractivity contribution in [3.63, 3.8) is 0 Å². The topological polar surface area (TPSA) is 52.7 Å². The van der Waals surface area contributed by atoms with Crippen LogP contribution in [0, 0.1) is 0 Å². The Kier molecular flexibility index (Phi) is 5.83. The molecule has 2 amide bonds. The quantitative estimate of drug-likeness (QED) is 0.752. The van der Waals surface area contributed by atoms with Gasteiger partial charge in [0, 0.05) is 36.4 Å². The first kappa shape index (κ1) is 21.9. The van der Waals surface area contributed by atoms with E-state index in [1.165, 1.54) is 11.1 Å². The van der Waals surface area contributed by atoms with Gasteiger partial charge in [0.2, 0.25) is 5.91 Å². The Morgan fingerprint density at radius 3 is 2.45 bits per heavy atom. The summed E-state index contributed by atoms with van der Waals surface area (Å²) in [5.74, 6) is 0.350. The van der Waals surface area contributed by atoms with Crippen LogP contribution in [0.5, 0.6) is 0 Å². The molecule has 0 aliphatic carbocycles. The lowest BCUT2D eigenvalue weighted by Crippen LogP contribution is -2.49. The van der Waals surface area contributed by atoms with Gasteiger partial charge in [-0.3, -0.25) is 14.5 Å². The van der Waals surface area contributed by atoms with Gasteiger partial charge in [-0.2, -0.15) is 0 Å². The van der Waals surface area contributed by atoms with Crippen LogP contribution in [0.15, 0.2) is 60.8 Å². The number of hydrogen-bond donors (Lipinski definition) is 1. The van der Waals surface area contributed by atoms with Gasteiger partial charge in [0.15, 0.2) is 0 Å². The van der Waals surface area contributed by atoms with E-state index in [1.807, 2.05) is 6.07 Å². The van der Waals surface area contributed by atoms with Gasteiger partial charge < -0.3 is 10.2 Å². The third-order valence-corrected chi connectivity index (χ3v) is 7.72. The summed E-state index contributed by atoms with van der Waals surface area (Å²) in [7, 11) is 0. The Morgan fingerprint density at radius 2 is 1.76 bits per heavy atom. The van der Waals surface area contributed by atoms with Crippen LogP contribution >= 0.6 is 0 Å². The van der Waals surface area contributed by atoms with E-state index in [1.54, 1.807) is 4.90 Å². The summed E-state index contributed by atoms with van der Waals surface area (Å²) in [6, 6.07) is 17.6. The molecule has 0 aromatic heterocycles. The van der Waals surface area contributed by atoms with E-state index in [2.05, 4.69) is 73.1 Å². The number of allylic oxidation sites excluding steroid dienone is 1. The predicted molar refractivity (Wildman–Crippen MR) is 130 cm³/mol. The molecule has 5 heteroatoms. The van der Waals surface area contributed by atoms with Crippen molar-refractivity contribution in [3.8, 4) is 0 Å².